The van der Waals surface area contributed by atoms with Crippen molar-refractivity contribution in [3.8, 4) is 11.4 Å². The smallest absolute Gasteiger partial charge is 0.444 e. The zero-order chi connectivity index (χ0) is 28.4. The Hall–Kier alpha value is -4.09. The maximum Gasteiger partial charge on any atom is 0.573 e. The van der Waals surface area contributed by atoms with Crippen LogP contribution in [0.4, 0.5) is 28.0 Å². The maximum absolute atomic E-state index is 13.6. The van der Waals surface area contributed by atoms with Gasteiger partial charge in [-0.15, -0.1) is 13.2 Å². The molecule has 12 heteroatoms. The molecule has 1 aliphatic rings. The highest BCUT2D eigenvalue weighted by Crippen LogP contribution is 2.33. The molecule has 0 atom stereocenters. The van der Waals surface area contributed by atoms with Gasteiger partial charge in [0.2, 0.25) is 0 Å². The Morgan fingerprint density at radius 2 is 1.59 bits per heavy atom. The van der Waals surface area contributed by atoms with Crippen LogP contribution in [0.5, 0.6) is 5.75 Å². The number of hydrogen-bond acceptors (Lipinski definition) is 5. The van der Waals surface area contributed by atoms with Crippen molar-refractivity contribution in [3.05, 3.63) is 71.8 Å². The number of carbonyl (C=O) groups excluding carboxylic acids is 2. The fourth-order valence-electron chi connectivity index (χ4n) is 4.31. The normalized spacial score (nSPS) is 14.7. The lowest BCUT2D eigenvalue weighted by Gasteiger charge is -2.34. The molecule has 0 bridgehead atoms. The zero-order valence-electron chi connectivity index (χ0n) is 21.6. The Kier molecular flexibility index (Phi) is 7.84. The van der Waals surface area contributed by atoms with Crippen molar-refractivity contribution in [2.45, 2.75) is 51.5 Å². The molecule has 0 radical (unpaired) electrons. The molecule has 1 N–H and O–H groups in total. The van der Waals surface area contributed by atoms with E-state index in [9.17, 15) is 27.2 Å². The first-order valence-corrected chi connectivity index (χ1v) is 12.3. The monoisotopic (exact) mass is 548 g/mol. The number of halogens is 4. The molecule has 1 aromatic heterocycles. The lowest BCUT2D eigenvalue weighted by atomic mass is 9.90. The Bertz CT molecular complexity index is 1310. The average Bonchev–Trinajstić information content (AvgIpc) is 3.29. The lowest BCUT2D eigenvalue weighted by molar-refractivity contribution is -0.274. The second-order valence-corrected chi connectivity index (χ2v) is 10.1. The Morgan fingerprint density at radius 1 is 0.974 bits per heavy atom. The number of ether oxygens (including phenoxy) is 2. The number of carbonyl (C=O) groups is 2. The number of amides is 2. The van der Waals surface area contributed by atoms with Gasteiger partial charge in [-0.05, 0) is 82.1 Å². The van der Waals surface area contributed by atoms with Gasteiger partial charge in [0.05, 0.1) is 23.1 Å². The molecule has 0 unspecified atom stereocenters. The van der Waals surface area contributed by atoms with Crippen LogP contribution in [-0.2, 0) is 4.74 Å². The molecule has 0 spiro atoms. The van der Waals surface area contributed by atoms with Gasteiger partial charge in [0.25, 0.3) is 5.91 Å². The van der Waals surface area contributed by atoms with Crippen molar-refractivity contribution in [1.29, 1.82) is 0 Å². The predicted molar refractivity (Wildman–Crippen MR) is 134 cm³/mol. The van der Waals surface area contributed by atoms with E-state index in [2.05, 4.69) is 15.2 Å². The standard InChI is InChI=1S/C27H28F4N4O4/c1-26(2,3)39-25(37)34-14-12-17(13-15-34)23-22(16-32-35(23)20-8-4-18(28)5-9-20)24(36)33-19-6-10-21(11-7-19)38-27(29,30)31/h4-11,16-17H,12-15H2,1-3H3,(H,33,36). The largest absolute Gasteiger partial charge is 0.573 e. The van der Waals surface area contributed by atoms with Gasteiger partial charge in [0, 0.05) is 24.7 Å². The van der Waals surface area contributed by atoms with E-state index in [1.807, 2.05) is 0 Å². The van der Waals surface area contributed by atoms with Gasteiger partial charge in [0.15, 0.2) is 0 Å². The van der Waals surface area contributed by atoms with Crippen molar-refractivity contribution in [3.63, 3.8) is 0 Å². The summed E-state index contributed by atoms with van der Waals surface area (Å²) in [5, 5.41) is 7.07. The minimum atomic E-state index is -4.83. The Labute approximate surface area is 222 Å². The average molecular weight is 549 g/mol. The van der Waals surface area contributed by atoms with Gasteiger partial charge in [0.1, 0.15) is 17.2 Å². The number of nitrogens with zero attached hydrogens (tertiary/aromatic N) is 3. The number of alkyl halides is 3. The number of rotatable bonds is 5. The summed E-state index contributed by atoms with van der Waals surface area (Å²) < 4.78 is 61.8. The summed E-state index contributed by atoms with van der Waals surface area (Å²) in [5.74, 6) is -1.52. The second kappa shape index (κ2) is 11.0. The minimum Gasteiger partial charge on any atom is -0.444 e. The van der Waals surface area contributed by atoms with Crippen LogP contribution >= 0.6 is 0 Å². The Balaban J connectivity index is 1.57. The molecule has 0 aliphatic carbocycles. The molecule has 8 nitrogen and oxygen atoms in total. The quantitative estimate of drug-likeness (QED) is 0.380. The molecule has 39 heavy (non-hydrogen) atoms. The summed E-state index contributed by atoms with van der Waals surface area (Å²) in [6.07, 6.45) is -2.79. The molecular weight excluding hydrogens is 520 g/mol. The molecule has 2 heterocycles. The van der Waals surface area contributed by atoms with Crippen LogP contribution in [0.2, 0.25) is 0 Å². The topological polar surface area (TPSA) is 85.7 Å². The highest BCUT2D eigenvalue weighted by molar-refractivity contribution is 6.05. The number of likely N-dealkylation sites (tertiary alicyclic amines) is 1. The molecule has 1 aliphatic heterocycles. The van der Waals surface area contributed by atoms with Crippen LogP contribution in [0.25, 0.3) is 5.69 Å². The third kappa shape index (κ3) is 7.27. The van der Waals surface area contributed by atoms with Crippen molar-refractivity contribution >= 4 is 17.7 Å². The predicted octanol–water partition coefficient (Wildman–Crippen LogP) is 6.28. The van der Waals surface area contributed by atoms with Gasteiger partial charge >= 0.3 is 12.5 Å². The highest BCUT2D eigenvalue weighted by Gasteiger charge is 2.33. The lowest BCUT2D eigenvalue weighted by Crippen LogP contribution is -2.41. The molecule has 3 aromatic rings. The number of aromatic nitrogens is 2. The summed E-state index contributed by atoms with van der Waals surface area (Å²) in [4.78, 5) is 27.4. The van der Waals surface area contributed by atoms with Gasteiger partial charge in [-0.3, -0.25) is 4.79 Å². The van der Waals surface area contributed by atoms with Crippen molar-refractivity contribution in [2.75, 3.05) is 18.4 Å². The molecule has 1 saturated heterocycles. The van der Waals surface area contributed by atoms with E-state index in [-0.39, 0.29) is 17.2 Å². The highest BCUT2D eigenvalue weighted by atomic mass is 19.4. The molecule has 2 aromatic carbocycles. The fraction of sp³-hybridized carbons (Fsp3) is 0.370. The molecule has 4 rings (SSSR count). The van der Waals surface area contributed by atoms with Gasteiger partial charge in [-0.2, -0.15) is 5.10 Å². The summed E-state index contributed by atoms with van der Waals surface area (Å²) in [6, 6.07) is 10.4. The van der Waals surface area contributed by atoms with Crippen molar-refractivity contribution in [1.82, 2.24) is 14.7 Å². The molecule has 2 amide bonds. The van der Waals surface area contributed by atoms with Crippen LogP contribution in [0.3, 0.4) is 0 Å². The molecular formula is C27H28F4N4O4. The van der Waals surface area contributed by atoms with Gasteiger partial charge in [-0.25, -0.2) is 13.9 Å². The fourth-order valence-corrected chi connectivity index (χ4v) is 4.31. The van der Waals surface area contributed by atoms with E-state index >= 15 is 0 Å². The Morgan fingerprint density at radius 3 is 2.15 bits per heavy atom. The second-order valence-electron chi connectivity index (χ2n) is 10.1. The number of anilines is 1. The summed E-state index contributed by atoms with van der Waals surface area (Å²) in [6.45, 7) is 6.17. The van der Waals surface area contributed by atoms with Gasteiger partial charge < -0.3 is 19.7 Å². The van der Waals surface area contributed by atoms with E-state index in [4.69, 9.17) is 4.74 Å². The van der Waals surface area contributed by atoms with Crippen LogP contribution in [0, 0.1) is 5.82 Å². The van der Waals surface area contributed by atoms with E-state index in [0.717, 1.165) is 12.1 Å². The number of nitrogens with one attached hydrogen (secondary N) is 1. The van der Waals surface area contributed by atoms with E-state index < -0.39 is 35.5 Å². The third-order valence-electron chi connectivity index (χ3n) is 6.00. The van der Waals surface area contributed by atoms with Crippen molar-refractivity contribution < 1.29 is 36.6 Å². The van der Waals surface area contributed by atoms with E-state index in [0.29, 0.717) is 37.3 Å². The van der Waals surface area contributed by atoms with E-state index in [1.165, 1.54) is 30.5 Å². The van der Waals surface area contributed by atoms with Crippen LogP contribution in [0.1, 0.15) is 55.6 Å². The third-order valence-corrected chi connectivity index (χ3v) is 6.00. The zero-order valence-corrected chi connectivity index (χ0v) is 21.6. The molecule has 208 valence electrons. The molecule has 1 fully saturated rings. The first-order chi connectivity index (χ1) is 18.3. The van der Waals surface area contributed by atoms with Crippen LogP contribution < -0.4 is 10.1 Å². The minimum absolute atomic E-state index is 0.167. The summed E-state index contributed by atoms with van der Waals surface area (Å²) >= 11 is 0. The van der Waals surface area contributed by atoms with Crippen LogP contribution in [-0.4, -0.2) is 51.7 Å². The van der Waals surface area contributed by atoms with Crippen molar-refractivity contribution in [2.24, 2.45) is 0 Å². The molecule has 0 saturated carbocycles. The number of piperidine rings is 1. The first-order valence-electron chi connectivity index (χ1n) is 12.3. The number of benzene rings is 2. The number of hydrogen-bond donors (Lipinski definition) is 1. The maximum atomic E-state index is 13.6. The van der Waals surface area contributed by atoms with Gasteiger partial charge in [-0.1, -0.05) is 0 Å². The van der Waals surface area contributed by atoms with E-state index in [1.54, 1.807) is 42.5 Å². The van der Waals surface area contributed by atoms with Crippen LogP contribution in [0.15, 0.2) is 54.7 Å². The summed E-state index contributed by atoms with van der Waals surface area (Å²) in [7, 11) is 0. The SMILES string of the molecule is CC(C)(C)OC(=O)N1CCC(c2c(C(=O)Nc3ccc(OC(F)(F)F)cc3)cnn2-c2ccc(F)cc2)CC1. The summed E-state index contributed by atoms with van der Waals surface area (Å²) in [5.41, 5.74) is 1.02. The first kappa shape index (κ1) is 27.9.